The number of carbonyl (C=O) groups is 2. The summed E-state index contributed by atoms with van der Waals surface area (Å²) in [5, 5.41) is 3.05. The van der Waals surface area contributed by atoms with Crippen molar-refractivity contribution in [1.82, 2.24) is 5.32 Å². The van der Waals surface area contributed by atoms with E-state index < -0.39 is 20.0 Å². The summed E-state index contributed by atoms with van der Waals surface area (Å²) in [5.41, 5.74) is 0. The molecule has 9 nitrogen and oxygen atoms in total. The minimum Gasteiger partial charge on any atom is -0.456 e. The highest BCUT2D eigenvalue weighted by Gasteiger charge is 2.30. The Balaban J connectivity index is 5.33. The molecule has 3 unspecified atom stereocenters. The lowest BCUT2D eigenvalue weighted by Gasteiger charge is -2.27. The number of allylic oxidation sites excluding steroid dienone is 5. The highest BCUT2D eigenvalue weighted by Crippen LogP contribution is 2.43. The number of esters is 1. The van der Waals surface area contributed by atoms with Gasteiger partial charge in [-0.25, -0.2) is 4.57 Å². The molecule has 2 N–H and O–H groups in total. The number of hydrogen-bond acceptors (Lipinski definition) is 6. The van der Waals surface area contributed by atoms with E-state index >= 15 is 0 Å². The molecule has 0 aromatic carbocycles. The average molecular weight is 1010 g/mol. The lowest BCUT2D eigenvalue weighted by atomic mass is 10.0. The van der Waals surface area contributed by atoms with E-state index in [-0.39, 0.29) is 31.5 Å². The summed E-state index contributed by atoms with van der Waals surface area (Å²) in [5.74, 6) is -0.503. The second-order valence-corrected chi connectivity index (χ2v) is 23.0. The van der Waals surface area contributed by atoms with E-state index in [2.05, 4.69) is 50.4 Å². The topological polar surface area (TPSA) is 111 Å². The van der Waals surface area contributed by atoms with Crippen LogP contribution in [-0.2, 0) is 27.9 Å². The molecule has 0 heterocycles. The average Bonchev–Trinajstić information content (AvgIpc) is 3.32. The standard InChI is InChI=1S/C60H115N2O7P/c1-7-10-13-16-19-22-25-28-30-31-32-35-38-41-44-47-50-53-60(64)69-58(51-48-45-42-39-36-33-27-24-21-18-15-12-9-3)57(56-68-70(65,66)67-55-54-62(4,5)6)61-59(63)52-49-46-43-40-37-34-29-26-23-20-17-14-11-8-2/h19,22,28,30,48,51,57-58H,7-18,20-21,23-27,29,31-47,49-50,52-56H2,1-6H3,(H-,61,63,65,66)/p+1/b22-19-,30-28-,51-48+. The predicted octanol–water partition coefficient (Wildman–Crippen LogP) is 17.9. The van der Waals surface area contributed by atoms with Crippen LogP contribution >= 0.6 is 7.82 Å². The maximum Gasteiger partial charge on any atom is 0.472 e. The molecule has 0 aromatic heterocycles. The van der Waals surface area contributed by atoms with Gasteiger partial charge in [-0.3, -0.25) is 18.6 Å². The van der Waals surface area contributed by atoms with Gasteiger partial charge in [0.25, 0.3) is 0 Å². The van der Waals surface area contributed by atoms with Crippen molar-refractivity contribution in [1.29, 1.82) is 0 Å². The first-order valence-electron chi connectivity index (χ1n) is 29.8. The van der Waals surface area contributed by atoms with Crippen LogP contribution in [0.2, 0.25) is 0 Å². The van der Waals surface area contributed by atoms with Gasteiger partial charge in [0.2, 0.25) is 5.91 Å². The number of nitrogens with zero attached hydrogens (tertiary/aromatic N) is 1. The van der Waals surface area contributed by atoms with Gasteiger partial charge in [0.05, 0.1) is 33.8 Å². The van der Waals surface area contributed by atoms with Crippen LogP contribution in [0.5, 0.6) is 0 Å². The number of nitrogens with one attached hydrogen (secondary N) is 1. The molecule has 0 fully saturated rings. The molecule has 0 aliphatic carbocycles. The fourth-order valence-electron chi connectivity index (χ4n) is 8.68. The third-order valence-electron chi connectivity index (χ3n) is 13.3. The van der Waals surface area contributed by atoms with Crippen LogP contribution in [-0.4, -0.2) is 74.3 Å². The molecule has 0 aliphatic heterocycles. The summed E-state index contributed by atoms with van der Waals surface area (Å²) in [4.78, 5) is 37.6. The van der Waals surface area contributed by atoms with Crippen molar-refractivity contribution >= 4 is 19.7 Å². The zero-order valence-corrected chi connectivity index (χ0v) is 47.9. The number of phosphoric acid groups is 1. The van der Waals surface area contributed by atoms with Gasteiger partial charge < -0.3 is 19.4 Å². The van der Waals surface area contributed by atoms with Gasteiger partial charge in [-0.1, -0.05) is 244 Å². The predicted molar refractivity (Wildman–Crippen MR) is 300 cm³/mol. The second kappa shape index (κ2) is 50.7. The molecule has 0 aliphatic rings. The first-order valence-corrected chi connectivity index (χ1v) is 31.3. The lowest BCUT2D eigenvalue weighted by Crippen LogP contribution is -2.47. The van der Waals surface area contributed by atoms with Crippen molar-refractivity contribution in [3.8, 4) is 0 Å². The maximum atomic E-state index is 13.5. The highest BCUT2D eigenvalue weighted by atomic mass is 31.2. The van der Waals surface area contributed by atoms with E-state index in [1.807, 2.05) is 33.3 Å². The van der Waals surface area contributed by atoms with Crippen LogP contribution in [0.25, 0.3) is 0 Å². The molecule has 0 radical (unpaired) electrons. The van der Waals surface area contributed by atoms with Crippen molar-refractivity contribution in [2.45, 2.75) is 296 Å². The fraction of sp³-hybridized carbons (Fsp3) is 0.867. The van der Waals surface area contributed by atoms with E-state index in [1.165, 1.54) is 173 Å². The van der Waals surface area contributed by atoms with Crippen LogP contribution in [0.3, 0.4) is 0 Å². The summed E-state index contributed by atoms with van der Waals surface area (Å²) in [6, 6.07) is -0.846. The molecule has 0 aromatic rings. The number of ether oxygens (including phenoxy) is 1. The van der Waals surface area contributed by atoms with E-state index in [0.29, 0.717) is 17.4 Å². The third-order valence-corrected chi connectivity index (χ3v) is 14.3. The fourth-order valence-corrected chi connectivity index (χ4v) is 9.41. The van der Waals surface area contributed by atoms with E-state index in [0.717, 1.165) is 77.0 Å². The molecule has 10 heteroatoms. The van der Waals surface area contributed by atoms with Gasteiger partial charge in [0.1, 0.15) is 19.3 Å². The van der Waals surface area contributed by atoms with Crippen LogP contribution in [0.4, 0.5) is 0 Å². The smallest absolute Gasteiger partial charge is 0.456 e. The van der Waals surface area contributed by atoms with Crippen molar-refractivity contribution in [2.24, 2.45) is 0 Å². The largest absolute Gasteiger partial charge is 0.472 e. The van der Waals surface area contributed by atoms with Crippen molar-refractivity contribution in [2.75, 3.05) is 40.9 Å². The van der Waals surface area contributed by atoms with Crippen molar-refractivity contribution in [3.63, 3.8) is 0 Å². The van der Waals surface area contributed by atoms with Crippen molar-refractivity contribution < 1.29 is 37.3 Å². The maximum absolute atomic E-state index is 13.5. The minimum atomic E-state index is -4.44. The third kappa shape index (κ3) is 51.1. The van der Waals surface area contributed by atoms with Gasteiger partial charge in [0.15, 0.2) is 0 Å². The highest BCUT2D eigenvalue weighted by molar-refractivity contribution is 7.47. The van der Waals surface area contributed by atoms with E-state index in [1.54, 1.807) is 0 Å². The Morgan fingerprint density at radius 3 is 1.31 bits per heavy atom. The van der Waals surface area contributed by atoms with E-state index in [9.17, 15) is 19.0 Å². The summed E-state index contributed by atoms with van der Waals surface area (Å²) >= 11 is 0. The Kier molecular flexibility index (Phi) is 49.5. The minimum absolute atomic E-state index is 0.0411. The quantitative estimate of drug-likeness (QED) is 0.0205. The molecular weight excluding hydrogens is 892 g/mol. The summed E-state index contributed by atoms with van der Waals surface area (Å²) < 4.78 is 30.7. The zero-order chi connectivity index (χ0) is 51.5. The molecule has 0 saturated heterocycles. The molecule has 0 saturated carbocycles. The Morgan fingerprint density at radius 2 is 0.871 bits per heavy atom. The number of phosphoric ester groups is 1. The number of amides is 1. The Bertz CT molecular complexity index is 1300. The van der Waals surface area contributed by atoms with Gasteiger partial charge in [-0.05, 0) is 63.9 Å². The molecule has 0 bridgehead atoms. The van der Waals surface area contributed by atoms with E-state index in [4.69, 9.17) is 13.8 Å². The number of rotatable bonds is 54. The molecule has 0 rings (SSSR count). The van der Waals surface area contributed by atoms with Crippen LogP contribution < -0.4 is 5.32 Å². The number of carbonyl (C=O) groups excluding carboxylic acids is 2. The van der Waals surface area contributed by atoms with Gasteiger partial charge in [0, 0.05) is 12.8 Å². The SMILES string of the molecule is CCCCC/C=C\C/C=C\CCCCCCCCCC(=O)OC(/C=C/CCCCCCCCCCCCC)C(COP(=O)(O)OCC[N+](C)(C)C)NC(=O)CCCCCCCCCCCCCCCC. The van der Waals surface area contributed by atoms with Crippen LogP contribution in [0, 0.1) is 0 Å². The number of hydrogen-bond donors (Lipinski definition) is 2. The zero-order valence-electron chi connectivity index (χ0n) is 47.0. The van der Waals surface area contributed by atoms with Gasteiger partial charge >= 0.3 is 13.8 Å². The first-order chi connectivity index (χ1) is 33.9. The van der Waals surface area contributed by atoms with Gasteiger partial charge in [-0.15, -0.1) is 0 Å². The normalized spacial score (nSPS) is 14.0. The Labute approximate surface area is 434 Å². The summed E-state index contributed by atoms with van der Waals surface area (Å²) in [6.45, 7) is 7.01. The number of quaternary nitrogens is 1. The monoisotopic (exact) mass is 1010 g/mol. The molecule has 0 spiro atoms. The molecule has 412 valence electrons. The molecule has 1 amide bonds. The Hall–Kier alpha value is -1.77. The summed E-state index contributed by atoms with van der Waals surface area (Å²) in [7, 11) is 1.50. The van der Waals surface area contributed by atoms with Crippen LogP contribution in [0.1, 0.15) is 284 Å². The molecule has 3 atom stereocenters. The number of likely N-dealkylation sites (N-methyl/N-ethyl adjacent to an activating group) is 1. The summed E-state index contributed by atoms with van der Waals surface area (Å²) in [6.07, 6.45) is 59.8. The van der Waals surface area contributed by atoms with Crippen molar-refractivity contribution in [3.05, 3.63) is 36.5 Å². The molecular formula is C60H116N2O7P+. The Morgan fingerprint density at radius 1 is 0.500 bits per heavy atom. The first kappa shape index (κ1) is 68.2. The lowest BCUT2D eigenvalue weighted by molar-refractivity contribution is -0.870. The van der Waals surface area contributed by atoms with Gasteiger partial charge in [-0.2, -0.15) is 0 Å². The van der Waals surface area contributed by atoms with Crippen LogP contribution in [0.15, 0.2) is 36.5 Å². The number of unbranched alkanes of at least 4 members (excludes halogenated alkanes) is 34. The second-order valence-electron chi connectivity index (χ2n) is 21.5. The molecule has 70 heavy (non-hydrogen) atoms.